The van der Waals surface area contributed by atoms with E-state index in [0.717, 1.165) is 7.11 Å². The van der Waals surface area contributed by atoms with Crippen LogP contribution in [0.4, 0.5) is 0 Å². The van der Waals surface area contributed by atoms with E-state index >= 15 is 0 Å². The number of hydrogen-bond donors (Lipinski definition) is 3. The van der Waals surface area contributed by atoms with E-state index in [1.54, 1.807) is 0 Å². The molecule has 0 amide bonds. The van der Waals surface area contributed by atoms with Gasteiger partial charge in [0.05, 0.1) is 19.3 Å². The topological polar surface area (TPSA) is 79.2 Å². The second-order valence-electron chi connectivity index (χ2n) is 2.44. The zero-order valence-corrected chi connectivity index (χ0v) is 7.36. The van der Waals surface area contributed by atoms with Crippen LogP contribution in [0, 0.1) is 0 Å². The Labute approximate surface area is 71.5 Å². The summed E-state index contributed by atoms with van der Waals surface area (Å²) in [4.78, 5) is 0. The van der Waals surface area contributed by atoms with Gasteiger partial charge in [-0.3, -0.25) is 0 Å². The Balaban J connectivity index is 0.000000561. The zero-order valence-electron chi connectivity index (χ0n) is 7.36. The van der Waals surface area contributed by atoms with Gasteiger partial charge in [-0.2, -0.15) is 0 Å². The highest BCUT2D eigenvalue weighted by atomic mass is 16.7. The maximum absolute atomic E-state index is 9.01. The third kappa shape index (κ3) is 2.69. The molecule has 0 bridgehead atoms. The first kappa shape index (κ1) is 11.8. The first-order chi connectivity index (χ1) is 5.72. The molecule has 0 aromatic carbocycles. The molecule has 12 heavy (non-hydrogen) atoms. The molecular formula is C7H16O5. The average molecular weight is 180 g/mol. The summed E-state index contributed by atoms with van der Waals surface area (Å²) in [5, 5.41) is 24.8. The molecule has 3 N–H and O–H groups in total. The molecule has 74 valence electrons. The Morgan fingerprint density at radius 2 is 2.17 bits per heavy atom. The predicted octanol–water partition coefficient (Wildman–Crippen LogP) is -1.29. The molecule has 5 heteroatoms. The molecule has 1 rings (SSSR count). The molecule has 0 aromatic heterocycles. The third-order valence-corrected chi connectivity index (χ3v) is 1.70. The van der Waals surface area contributed by atoms with Crippen molar-refractivity contribution in [2.45, 2.75) is 18.3 Å². The lowest BCUT2D eigenvalue weighted by atomic mass is 10.2. The molecule has 2 unspecified atom stereocenters. The van der Waals surface area contributed by atoms with Crippen molar-refractivity contribution in [3.05, 3.63) is 0 Å². The van der Waals surface area contributed by atoms with Crippen LogP contribution in [0.15, 0.2) is 0 Å². The number of ether oxygens (including phenoxy) is 2. The van der Waals surface area contributed by atoms with E-state index in [1.165, 1.54) is 7.11 Å². The van der Waals surface area contributed by atoms with Crippen molar-refractivity contribution in [3.63, 3.8) is 0 Å². The minimum absolute atomic E-state index is 0.208. The lowest BCUT2D eigenvalue weighted by molar-refractivity contribution is -0.213. The lowest BCUT2D eigenvalue weighted by Gasteiger charge is -2.23. The third-order valence-electron chi connectivity index (χ3n) is 1.70. The van der Waals surface area contributed by atoms with Crippen molar-refractivity contribution in [1.29, 1.82) is 0 Å². The fourth-order valence-electron chi connectivity index (χ4n) is 1.04. The van der Waals surface area contributed by atoms with E-state index in [2.05, 4.69) is 0 Å². The standard InChI is InChI=1S/C6H12O4.CH4O/c1-9-6(4-7)2-5(8)3-10-6;1-2/h5,7-8H,2-4H2,1H3;2H,1H3. The molecule has 0 saturated carbocycles. The number of rotatable bonds is 2. The number of methoxy groups -OCH3 is 1. The first-order valence-corrected chi connectivity index (χ1v) is 3.65. The minimum Gasteiger partial charge on any atom is -0.400 e. The van der Waals surface area contributed by atoms with Crippen molar-refractivity contribution in [2.24, 2.45) is 0 Å². The molecule has 2 atom stereocenters. The number of aliphatic hydroxyl groups is 3. The first-order valence-electron chi connectivity index (χ1n) is 3.65. The molecule has 1 saturated heterocycles. The Hall–Kier alpha value is -0.200. The second kappa shape index (κ2) is 5.45. The van der Waals surface area contributed by atoms with Crippen LogP contribution < -0.4 is 0 Å². The summed E-state index contributed by atoms with van der Waals surface area (Å²) in [5.41, 5.74) is 0. The van der Waals surface area contributed by atoms with Crippen LogP contribution in [0.1, 0.15) is 6.42 Å². The summed E-state index contributed by atoms with van der Waals surface area (Å²) in [6.45, 7) is 0.0367. The van der Waals surface area contributed by atoms with Crippen LogP contribution in [0.2, 0.25) is 0 Å². The summed E-state index contributed by atoms with van der Waals surface area (Å²) < 4.78 is 9.92. The van der Waals surface area contributed by atoms with Gasteiger partial charge in [0.15, 0.2) is 5.79 Å². The van der Waals surface area contributed by atoms with Gasteiger partial charge >= 0.3 is 0 Å². The van der Waals surface area contributed by atoms with Gasteiger partial charge in [-0.1, -0.05) is 0 Å². The molecule has 0 spiro atoms. The van der Waals surface area contributed by atoms with Gasteiger partial charge in [0.2, 0.25) is 0 Å². The highest BCUT2D eigenvalue weighted by molar-refractivity contribution is 4.79. The molecule has 5 nitrogen and oxygen atoms in total. The van der Waals surface area contributed by atoms with Gasteiger partial charge < -0.3 is 24.8 Å². The van der Waals surface area contributed by atoms with E-state index in [-0.39, 0.29) is 13.2 Å². The average Bonchev–Trinajstić information content (AvgIpc) is 2.52. The Kier molecular flexibility index (Phi) is 5.36. The van der Waals surface area contributed by atoms with Crippen molar-refractivity contribution in [2.75, 3.05) is 27.4 Å². The van der Waals surface area contributed by atoms with Crippen LogP contribution in [0.3, 0.4) is 0 Å². The highest BCUT2D eigenvalue weighted by Gasteiger charge is 2.39. The second-order valence-corrected chi connectivity index (χ2v) is 2.44. The van der Waals surface area contributed by atoms with Crippen LogP contribution in [-0.2, 0) is 9.47 Å². The van der Waals surface area contributed by atoms with Crippen LogP contribution in [0.25, 0.3) is 0 Å². The fraction of sp³-hybridized carbons (Fsp3) is 1.00. The summed E-state index contributed by atoms with van der Waals surface area (Å²) >= 11 is 0. The Morgan fingerprint density at radius 1 is 1.58 bits per heavy atom. The summed E-state index contributed by atoms with van der Waals surface area (Å²) in [6, 6.07) is 0. The smallest absolute Gasteiger partial charge is 0.193 e. The van der Waals surface area contributed by atoms with Gasteiger partial charge in [-0.25, -0.2) is 0 Å². The van der Waals surface area contributed by atoms with Gasteiger partial charge in [0.1, 0.15) is 0 Å². The SMILES string of the molecule is CO.COC1(CO)CC(O)CO1. The largest absolute Gasteiger partial charge is 0.400 e. The van der Waals surface area contributed by atoms with Crippen LogP contribution in [-0.4, -0.2) is 54.6 Å². The molecule has 1 aliphatic heterocycles. The zero-order chi connectivity index (χ0) is 9.61. The summed E-state index contributed by atoms with van der Waals surface area (Å²) in [7, 11) is 2.45. The van der Waals surface area contributed by atoms with Crippen molar-refractivity contribution < 1.29 is 24.8 Å². The number of aliphatic hydroxyl groups excluding tert-OH is 3. The van der Waals surface area contributed by atoms with E-state index in [0.29, 0.717) is 6.42 Å². The molecule has 1 heterocycles. The highest BCUT2D eigenvalue weighted by Crippen LogP contribution is 2.25. The Morgan fingerprint density at radius 3 is 2.33 bits per heavy atom. The fourth-order valence-corrected chi connectivity index (χ4v) is 1.04. The van der Waals surface area contributed by atoms with E-state index in [9.17, 15) is 0 Å². The monoisotopic (exact) mass is 180 g/mol. The maximum atomic E-state index is 9.01. The molecule has 0 aromatic rings. The Bertz CT molecular complexity index is 112. The molecule has 1 aliphatic rings. The molecule has 1 fully saturated rings. The van der Waals surface area contributed by atoms with Crippen LogP contribution >= 0.6 is 0 Å². The van der Waals surface area contributed by atoms with Crippen LogP contribution in [0.5, 0.6) is 0 Å². The van der Waals surface area contributed by atoms with E-state index < -0.39 is 11.9 Å². The summed E-state index contributed by atoms with van der Waals surface area (Å²) in [6.07, 6.45) is -0.160. The van der Waals surface area contributed by atoms with Crippen molar-refractivity contribution in [3.8, 4) is 0 Å². The van der Waals surface area contributed by atoms with E-state index in [4.69, 9.17) is 24.8 Å². The van der Waals surface area contributed by atoms with Gasteiger partial charge in [0.25, 0.3) is 0 Å². The van der Waals surface area contributed by atoms with Gasteiger partial charge in [-0.05, 0) is 0 Å². The normalized spacial score (nSPS) is 34.2. The van der Waals surface area contributed by atoms with Crippen molar-refractivity contribution in [1.82, 2.24) is 0 Å². The van der Waals surface area contributed by atoms with Gasteiger partial charge in [-0.15, -0.1) is 0 Å². The lowest BCUT2D eigenvalue weighted by Crippen LogP contribution is -2.34. The predicted molar refractivity (Wildman–Crippen MR) is 41.5 cm³/mol. The molecular weight excluding hydrogens is 164 g/mol. The number of hydrogen-bond acceptors (Lipinski definition) is 5. The summed E-state index contributed by atoms with van der Waals surface area (Å²) in [5.74, 6) is -0.945. The van der Waals surface area contributed by atoms with Gasteiger partial charge in [0, 0.05) is 20.6 Å². The minimum atomic E-state index is -0.945. The van der Waals surface area contributed by atoms with Crippen molar-refractivity contribution >= 4 is 0 Å². The molecule has 0 radical (unpaired) electrons. The molecule has 0 aliphatic carbocycles. The maximum Gasteiger partial charge on any atom is 0.193 e. The van der Waals surface area contributed by atoms with E-state index in [1.807, 2.05) is 0 Å². The quantitative estimate of drug-likeness (QED) is 0.493.